The van der Waals surface area contributed by atoms with Crippen molar-refractivity contribution in [2.75, 3.05) is 80.7 Å². The monoisotopic (exact) mass is 1570 g/mol. The van der Waals surface area contributed by atoms with Crippen LogP contribution in [0.5, 0.6) is 23.0 Å². The number of ether oxygens (including phenoxy) is 6. The summed E-state index contributed by atoms with van der Waals surface area (Å²) >= 11 is 2.20. The first-order chi connectivity index (χ1) is 52.1. The number of benzene rings is 4. The van der Waals surface area contributed by atoms with Crippen LogP contribution >= 0.6 is 22.6 Å². The second kappa shape index (κ2) is 35.6. The second-order valence-corrected chi connectivity index (χ2v) is 27.6. The number of aromatic hydroxyl groups is 1. The molecule has 13 aromatic rings. The fourth-order valence-electron chi connectivity index (χ4n) is 12.7. The van der Waals surface area contributed by atoms with Crippen molar-refractivity contribution >= 4 is 68.5 Å². The molecule has 4 aromatic carbocycles. The molecule has 3 aliphatic heterocycles. The Morgan fingerprint density at radius 1 is 0.458 bits per heavy atom. The number of hydrogen-bond acceptors (Lipinski definition) is 20. The van der Waals surface area contributed by atoms with E-state index in [1.54, 1.807) is 91.8 Å². The zero-order valence-electron chi connectivity index (χ0n) is 59.4. The van der Waals surface area contributed by atoms with Crippen molar-refractivity contribution in [1.29, 1.82) is 0 Å². The highest BCUT2D eigenvalue weighted by Crippen LogP contribution is 2.35. The highest BCUT2D eigenvalue weighted by Gasteiger charge is 2.24. The van der Waals surface area contributed by atoms with Crippen molar-refractivity contribution in [1.82, 2.24) is 68.6 Å². The first-order valence-corrected chi connectivity index (χ1v) is 36.7. The van der Waals surface area contributed by atoms with Gasteiger partial charge in [-0.2, -0.15) is 25.5 Å². The van der Waals surface area contributed by atoms with E-state index >= 15 is 0 Å². The predicted octanol–water partition coefficient (Wildman–Crippen LogP) is 15.3. The van der Waals surface area contributed by atoms with Crippen LogP contribution in [0, 0.1) is 44.6 Å². The van der Waals surface area contributed by atoms with Gasteiger partial charge in [-0.25, -0.2) is 55.6 Å². The Hall–Kier alpha value is -10.7. The molecule has 0 amide bonds. The lowest BCUT2D eigenvalue weighted by Crippen LogP contribution is -2.22. The second-order valence-electron chi connectivity index (χ2n) is 26.4. The van der Waals surface area contributed by atoms with Gasteiger partial charge in [-0.05, 0) is 204 Å². The number of nitrogens with one attached hydrogen (secondary N) is 5. The maximum absolute atomic E-state index is 14.1. The Labute approximate surface area is 627 Å². The lowest BCUT2D eigenvalue weighted by atomic mass is 10.0. The van der Waals surface area contributed by atoms with Crippen molar-refractivity contribution < 1.29 is 51.1 Å². The molecule has 6 N–H and O–H groups in total. The summed E-state index contributed by atoms with van der Waals surface area (Å²) in [5, 5.41) is 46.6. The van der Waals surface area contributed by atoms with Crippen molar-refractivity contribution in [3.05, 3.63) is 220 Å². The van der Waals surface area contributed by atoms with E-state index in [9.17, 15) is 22.7 Å². The van der Waals surface area contributed by atoms with E-state index in [1.165, 1.54) is 54.6 Å². The molecule has 30 heteroatoms. The summed E-state index contributed by atoms with van der Waals surface area (Å²) in [5.74, 6) is 5.01. The Morgan fingerprint density at radius 3 is 1.26 bits per heavy atom. The van der Waals surface area contributed by atoms with Crippen LogP contribution in [0.2, 0.25) is 0 Å². The van der Waals surface area contributed by atoms with Crippen LogP contribution in [0.1, 0.15) is 113 Å². The SMILES string of the molecule is CC(Nc1ccn2ncc(-c3cn[nH]c3)c2n1)c1cc(F)ccc1OCC1CCOCC1.CC(Nc1ccn2ncc(I)c2n1)c1cc(F)ccc1OCC1CCOCC1.CC(Nc1ccn2nccc2n1)c1cc(F)ccc1O.CC(Nc1ccn2nccc2n1)c1cc(F)ccc1OCC1CCOCC1. The average molecular weight is 1580 g/mol. The van der Waals surface area contributed by atoms with Gasteiger partial charge in [0.25, 0.3) is 0 Å². The van der Waals surface area contributed by atoms with Crippen LogP contribution in [-0.4, -0.2) is 133 Å². The fraction of sp³-hybridized carbons (Fsp3) is 0.338. The third-order valence-corrected chi connectivity index (χ3v) is 19.5. The van der Waals surface area contributed by atoms with Gasteiger partial charge in [0.05, 0.1) is 78.5 Å². The topological polar surface area (TPSA) is 273 Å². The molecule has 3 saturated heterocycles. The summed E-state index contributed by atoms with van der Waals surface area (Å²) in [6.07, 6.45) is 23.7. The first kappa shape index (κ1) is 74.6. The largest absolute Gasteiger partial charge is 0.508 e. The number of H-pyrrole nitrogens is 1. The number of halogens is 5. The van der Waals surface area contributed by atoms with Crippen molar-refractivity contribution in [3.8, 4) is 34.1 Å². The quantitative estimate of drug-likeness (QED) is 0.0272. The number of phenolic OH excluding ortho intramolecular Hbond substituents is 1. The summed E-state index contributed by atoms with van der Waals surface area (Å²) in [6.45, 7) is 14.2. The Bertz CT molecular complexity index is 5050. The van der Waals surface area contributed by atoms with E-state index in [0.29, 0.717) is 95.0 Å². The maximum atomic E-state index is 14.1. The Kier molecular flexibility index (Phi) is 24.8. The maximum Gasteiger partial charge on any atom is 0.170 e. The minimum absolute atomic E-state index is 0.0526. The zero-order chi connectivity index (χ0) is 74.2. The highest BCUT2D eigenvalue weighted by atomic mass is 127. The van der Waals surface area contributed by atoms with Crippen LogP contribution in [0.25, 0.3) is 33.7 Å². The van der Waals surface area contributed by atoms with Gasteiger partial charge >= 0.3 is 0 Å². The molecule has 9 aromatic heterocycles. The molecule has 4 atom stereocenters. The molecule has 16 rings (SSSR count). The molecule has 3 fully saturated rings. The smallest absolute Gasteiger partial charge is 0.170 e. The molecule has 3 aliphatic rings. The van der Waals surface area contributed by atoms with Crippen LogP contribution < -0.4 is 35.5 Å². The zero-order valence-corrected chi connectivity index (χ0v) is 61.6. The first-order valence-electron chi connectivity index (χ1n) is 35.6. The van der Waals surface area contributed by atoms with Crippen LogP contribution in [0.3, 0.4) is 0 Å². The number of nitrogens with zero attached hydrogens (tertiary/aromatic N) is 13. The minimum Gasteiger partial charge on any atom is -0.508 e. The van der Waals surface area contributed by atoms with Crippen LogP contribution in [0.15, 0.2) is 171 Å². The van der Waals surface area contributed by atoms with E-state index in [1.807, 2.05) is 70.6 Å². The molecular weight excluding hydrogens is 1490 g/mol. The number of phenols is 1. The summed E-state index contributed by atoms with van der Waals surface area (Å²) in [7, 11) is 0. The van der Waals surface area contributed by atoms with Gasteiger partial charge in [-0.1, -0.05) is 0 Å². The summed E-state index contributed by atoms with van der Waals surface area (Å²) < 4.78 is 97.3. The van der Waals surface area contributed by atoms with E-state index in [-0.39, 0.29) is 53.2 Å². The number of aromatic nitrogens is 14. The van der Waals surface area contributed by atoms with Crippen molar-refractivity contribution in [2.45, 2.75) is 90.4 Å². The molecule has 0 spiro atoms. The third kappa shape index (κ3) is 19.7. The number of anilines is 4. The molecule has 0 bridgehead atoms. The molecule has 25 nitrogen and oxygen atoms in total. The Balaban J connectivity index is 0.000000128. The van der Waals surface area contributed by atoms with Gasteiger partial charge < -0.3 is 54.8 Å². The van der Waals surface area contributed by atoms with Gasteiger partial charge in [0.15, 0.2) is 22.6 Å². The van der Waals surface area contributed by atoms with Gasteiger partial charge in [-0.15, -0.1) is 0 Å². The summed E-state index contributed by atoms with van der Waals surface area (Å²) in [5.41, 5.74) is 7.53. The number of fused-ring (bicyclic) bond motifs is 4. The number of hydrogen-bond donors (Lipinski definition) is 6. The van der Waals surface area contributed by atoms with E-state index in [2.05, 4.69) is 89.4 Å². The van der Waals surface area contributed by atoms with Crippen molar-refractivity contribution in [3.63, 3.8) is 0 Å². The molecule has 107 heavy (non-hydrogen) atoms. The fourth-order valence-corrected chi connectivity index (χ4v) is 13.2. The highest BCUT2D eigenvalue weighted by molar-refractivity contribution is 14.1. The molecule has 4 unspecified atom stereocenters. The standard InChI is InChI=1S/C23H25FN6O2.C20H22FIN4O2.C20H23FN4O2.C14H13FN4O/c1-15(19-10-18(24)2-3-21(19)32-14-16-5-8-31-9-6-16)28-22-4-7-30-23(29-22)20(13-27-30)17-11-25-26-12-17;1-13(24-19-4-7-26-20(25-19)17(22)11-23-26)16-10-15(21)2-3-18(16)28-12-14-5-8-27-9-6-14;1-14(23-19-5-9-25-20(24-19)4-8-22-25)17-12-16(21)2-3-18(17)27-13-15-6-10-26-11-7-15;1-9(11-8-10(15)2-3-12(11)20)17-13-5-7-19-14(18-13)4-6-16-19/h2-4,7,10-13,15-16H,5-6,8-9,14H2,1H3,(H,25,26)(H,28,29);2-4,7,10-11,13-14H,5-6,8-9,12H2,1H3,(H,24,25);2-5,8-9,12,14-15H,6-7,10-11,13H2,1H3,(H,23,24);2-9,20H,1H3,(H,17,18). The molecule has 558 valence electrons. The average Bonchev–Trinajstić information content (AvgIpc) is 1.54. The van der Waals surface area contributed by atoms with Gasteiger partial charge in [0.2, 0.25) is 0 Å². The molecule has 12 heterocycles. The minimum atomic E-state index is -0.384. The van der Waals surface area contributed by atoms with E-state index in [0.717, 1.165) is 121 Å². The molecular formula is C77H83F4IN18O7. The summed E-state index contributed by atoms with van der Waals surface area (Å²) in [6, 6.07) is 28.0. The lowest BCUT2D eigenvalue weighted by molar-refractivity contribution is 0.0495. The molecule has 0 saturated carbocycles. The van der Waals surface area contributed by atoms with Crippen LogP contribution in [-0.2, 0) is 14.2 Å². The molecule has 0 radical (unpaired) electrons. The summed E-state index contributed by atoms with van der Waals surface area (Å²) in [4.78, 5) is 18.2. The normalized spacial score (nSPS) is 15.4. The Morgan fingerprint density at radius 2 is 0.832 bits per heavy atom. The van der Waals surface area contributed by atoms with E-state index in [4.69, 9.17) is 33.4 Å². The third-order valence-electron chi connectivity index (χ3n) is 18.7. The van der Waals surface area contributed by atoms with Crippen LogP contribution in [0.4, 0.5) is 40.8 Å². The van der Waals surface area contributed by atoms with E-state index < -0.39 is 0 Å². The number of rotatable bonds is 22. The van der Waals surface area contributed by atoms with Gasteiger partial charge in [0, 0.05) is 116 Å². The van der Waals surface area contributed by atoms with Gasteiger partial charge in [0.1, 0.15) is 69.5 Å². The lowest BCUT2D eigenvalue weighted by Gasteiger charge is -2.24. The van der Waals surface area contributed by atoms with Gasteiger partial charge in [-0.3, -0.25) is 5.10 Å². The van der Waals surface area contributed by atoms with Crippen molar-refractivity contribution in [2.24, 2.45) is 17.8 Å². The number of aromatic amines is 1. The predicted molar refractivity (Wildman–Crippen MR) is 405 cm³/mol. The molecule has 0 aliphatic carbocycles.